The number of ether oxygens (including phenoxy) is 1. The number of esters is 1. The lowest BCUT2D eigenvalue weighted by Crippen LogP contribution is -2.36. The molecule has 160 valence electrons. The molecule has 4 rings (SSSR count). The van der Waals surface area contributed by atoms with E-state index in [9.17, 15) is 9.90 Å². The summed E-state index contributed by atoms with van der Waals surface area (Å²) in [5, 5.41) is 11.7. The number of hydrogen-bond acceptors (Lipinski definition) is 8. The van der Waals surface area contributed by atoms with Crippen LogP contribution < -0.4 is 4.90 Å². The molecule has 4 heterocycles. The molecule has 1 unspecified atom stereocenters. The van der Waals surface area contributed by atoms with Crippen molar-refractivity contribution in [3.63, 3.8) is 0 Å². The van der Waals surface area contributed by atoms with E-state index in [1.54, 1.807) is 13.1 Å². The van der Waals surface area contributed by atoms with Crippen molar-refractivity contribution >= 4 is 33.3 Å². The summed E-state index contributed by atoms with van der Waals surface area (Å²) in [6.07, 6.45) is 4.68. The third kappa shape index (κ3) is 3.67. The van der Waals surface area contributed by atoms with Crippen LogP contribution in [-0.4, -0.2) is 50.3 Å². The average Bonchev–Trinajstić information content (AvgIpc) is 3.30. The van der Waals surface area contributed by atoms with Gasteiger partial charge in [0, 0.05) is 32.5 Å². The number of fused-ring (bicyclic) bond motifs is 1. The number of anilines is 1. The highest BCUT2D eigenvalue weighted by Crippen LogP contribution is 2.38. The van der Waals surface area contributed by atoms with Gasteiger partial charge in [-0.2, -0.15) is 0 Å². The molecule has 3 aromatic heterocycles. The van der Waals surface area contributed by atoms with E-state index in [0.29, 0.717) is 23.1 Å². The van der Waals surface area contributed by atoms with Crippen LogP contribution in [0.3, 0.4) is 0 Å². The zero-order valence-corrected chi connectivity index (χ0v) is 18.6. The molecule has 1 aliphatic rings. The highest BCUT2D eigenvalue weighted by Gasteiger charge is 2.31. The van der Waals surface area contributed by atoms with Gasteiger partial charge < -0.3 is 19.3 Å². The highest BCUT2D eigenvalue weighted by atomic mass is 32.1. The maximum absolute atomic E-state index is 12.4. The first-order chi connectivity index (χ1) is 14.4. The van der Waals surface area contributed by atoms with E-state index in [-0.39, 0.29) is 11.9 Å². The summed E-state index contributed by atoms with van der Waals surface area (Å²) in [4.78, 5) is 29.6. The molecule has 8 nitrogen and oxygen atoms in total. The second-order valence-corrected chi connectivity index (χ2v) is 8.72. The molecular weight excluding hydrogens is 402 g/mol. The van der Waals surface area contributed by atoms with Crippen LogP contribution in [0, 0.1) is 19.8 Å². The van der Waals surface area contributed by atoms with Crippen LogP contribution >= 0.6 is 11.3 Å². The lowest BCUT2D eigenvalue weighted by molar-refractivity contribution is 0.0531. The van der Waals surface area contributed by atoms with Crippen molar-refractivity contribution in [3.8, 4) is 0 Å². The average molecular weight is 430 g/mol. The summed E-state index contributed by atoms with van der Waals surface area (Å²) in [7, 11) is 1.90. The molecule has 3 aromatic rings. The molecule has 9 heteroatoms. The van der Waals surface area contributed by atoms with Gasteiger partial charge >= 0.3 is 5.97 Å². The van der Waals surface area contributed by atoms with E-state index >= 15 is 0 Å². The number of aryl methyl sites for hydroxylation is 3. The Morgan fingerprint density at radius 2 is 2.07 bits per heavy atom. The van der Waals surface area contributed by atoms with Crippen LogP contribution in [0.2, 0.25) is 0 Å². The number of aliphatic hydroxyl groups excluding tert-OH is 1. The maximum Gasteiger partial charge on any atom is 0.348 e. The first-order valence-corrected chi connectivity index (χ1v) is 11.1. The number of carbonyl (C=O) groups excluding carboxylic acids is 1. The minimum absolute atomic E-state index is 0.152. The van der Waals surface area contributed by atoms with Crippen LogP contribution in [0.25, 0.3) is 10.2 Å². The van der Waals surface area contributed by atoms with Gasteiger partial charge in [-0.1, -0.05) is 0 Å². The number of nitrogens with zero attached hydrogens (tertiary/aromatic N) is 5. The van der Waals surface area contributed by atoms with Gasteiger partial charge in [-0.3, -0.25) is 0 Å². The summed E-state index contributed by atoms with van der Waals surface area (Å²) < 4.78 is 7.09. The molecule has 0 amide bonds. The first kappa shape index (κ1) is 20.7. The Hall–Kier alpha value is -2.52. The van der Waals surface area contributed by atoms with Gasteiger partial charge in [0.25, 0.3) is 0 Å². The van der Waals surface area contributed by atoms with Crippen LogP contribution in [0.4, 0.5) is 5.82 Å². The molecule has 1 aliphatic heterocycles. The molecule has 0 aromatic carbocycles. The van der Waals surface area contributed by atoms with E-state index in [2.05, 4.69) is 14.9 Å². The van der Waals surface area contributed by atoms with Crippen LogP contribution in [0.5, 0.6) is 0 Å². The third-order valence-corrected chi connectivity index (χ3v) is 6.92. The van der Waals surface area contributed by atoms with Crippen molar-refractivity contribution in [1.29, 1.82) is 0 Å². The largest absolute Gasteiger partial charge is 0.462 e. The topological polar surface area (TPSA) is 93.4 Å². The van der Waals surface area contributed by atoms with Gasteiger partial charge in [0.2, 0.25) is 0 Å². The number of piperidine rings is 1. The van der Waals surface area contributed by atoms with Crippen molar-refractivity contribution in [2.24, 2.45) is 13.0 Å². The number of thiophene rings is 1. The van der Waals surface area contributed by atoms with Gasteiger partial charge in [0.1, 0.15) is 33.3 Å². The Kier molecular flexibility index (Phi) is 5.75. The number of imidazole rings is 1. The fraction of sp³-hybridized carbons (Fsp3) is 0.524. The lowest BCUT2D eigenvalue weighted by Gasteiger charge is -2.35. The highest BCUT2D eigenvalue weighted by molar-refractivity contribution is 7.20. The van der Waals surface area contributed by atoms with Gasteiger partial charge in [0.05, 0.1) is 12.0 Å². The van der Waals surface area contributed by atoms with E-state index in [4.69, 9.17) is 9.72 Å². The number of carbonyl (C=O) groups is 1. The minimum atomic E-state index is -0.572. The van der Waals surface area contributed by atoms with Crippen molar-refractivity contribution in [3.05, 3.63) is 34.5 Å². The lowest BCUT2D eigenvalue weighted by atomic mass is 9.90. The molecule has 0 saturated carbocycles. The zero-order chi connectivity index (χ0) is 21.4. The summed E-state index contributed by atoms with van der Waals surface area (Å²) in [5.74, 6) is 2.11. The van der Waals surface area contributed by atoms with Crippen molar-refractivity contribution in [2.75, 3.05) is 24.6 Å². The van der Waals surface area contributed by atoms with Crippen LogP contribution in [-0.2, 0) is 11.8 Å². The Bertz CT molecular complexity index is 1070. The predicted octanol–water partition coefficient (Wildman–Crippen LogP) is 3.17. The molecule has 1 fully saturated rings. The van der Waals surface area contributed by atoms with Crippen molar-refractivity contribution < 1.29 is 14.6 Å². The Morgan fingerprint density at radius 3 is 2.70 bits per heavy atom. The van der Waals surface area contributed by atoms with E-state index in [0.717, 1.165) is 47.5 Å². The molecule has 1 N–H and O–H groups in total. The SMILES string of the molecule is CCOC(=O)c1sc2nc(C)nc(N3CCC(C(O)c4nccn4C)CC3)c2c1C. The second kappa shape index (κ2) is 8.31. The predicted molar refractivity (Wildman–Crippen MR) is 116 cm³/mol. The quantitative estimate of drug-likeness (QED) is 0.623. The fourth-order valence-electron chi connectivity index (χ4n) is 4.14. The molecule has 30 heavy (non-hydrogen) atoms. The Labute approximate surface area is 179 Å². The minimum Gasteiger partial charge on any atom is -0.462 e. The zero-order valence-electron chi connectivity index (χ0n) is 17.8. The van der Waals surface area contributed by atoms with E-state index in [1.165, 1.54) is 11.3 Å². The van der Waals surface area contributed by atoms with Crippen LogP contribution in [0.15, 0.2) is 12.4 Å². The van der Waals surface area contributed by atoms with Gasteiger partial charge in [0.15, 0.2) is 0 Å². The molecule has 0 bridgehead atoms. The van der Waals surface area contributed by atoms with Crippen LogP contribution in [0.1, 0.15) is 52.8 Å². The first-order valence-electron chi connectivity index (χ1n) is 10.3. The normalized spacial score (nSPS) is 16.2. The molecule has 0 spiro atoms. The number of aliphatic hydroxyl groups is 1. The summed E-state index contributed by atoms with van der Waals surface area (Å²) in [6, 6.07) is 0. The third-order valence-electron chi connectivity index (χ3n) is 5.75. The smallest absolute Gasteiger partial charge is 0.348 e. The van der Waals surface area contributed by atoms with E-state index in [1.807, 2.05) is 31.7 Å². The summed E-state index contributed by atoms with van der Waals surface area (Å²) in [5.41, 5.74) is 0.874. The maximum atomic E-state index is 12.4. The molecular formula is C21H27N5O3S. The van der Waals surface area contributed by atoms with E-state index < -0.39 is 6.10 Å². The van der Waals surface area contributed by atoms with Gasteiger partial charge in [-0.05, 0) is 45.1 Å². The van der Waals surface area contributed by atoms with Gasteiger partial charge in [-0.15, -0.1) is 11.3 Å². The molecule has 1 atom stereocenters. The van der Waals surface area contributed by atoms with Gasteiger partial charge in [-0.25, -0.2) is 19.7 Å². The standard InChI is InChI=1S/C21H27N5O3S/c1-5-29-21(28)17-12(2)15-18(23-13(3)24-20(15)30-17)26-9-6-14(7-10-26)16(27)19-22-8-11-25(19)4/h8,11,14,16,27H,5-7,9-10H2,1-4H3. The monoisotopic (exact) mass is 429 g/mol. The summed E-state index contributed by atoms with van der Waals surface area (Å²) in [6.45, 7) is 7.52. The van der Waals surface area contributed by atoms with Crippen molar-refractivity contribution in [2.45, 2.75) is 39.7 Å². The molecule has 0 aliphatic carbocycles. The Balaban J connectivity index is 1.59. The number of hydrogen-bond donors (Lipinski definition) is 1. The second-order valence-electron chi connectivity index (χ2n) is 7.72. The molecule has 1 saturated heterocycles. The fourth-order valence-corrected chi connectivity index (χ4v) is 5.26. The molecule has 0 radical (unpaired) electrons. The Morgan fingerprint density at radius 1 is 1.33 bits per heavy atom. The summed E-state index contributed by atoms with van der Waals surface area (Å²) >= 11 is 1.37. The number of aromatic nitrogens is 4. The van der Waals surface area contributed by atoms with Crippen molar-refractivity contribution in [1.82, 2.24) is 19.5 Å². The number of rotatable bonds is 5.